The fraction of sp³-hybridized carbons (Fsp3) is 1.00. The fourth-order valence-electron chi connectivity index (χ4n) is 0.849. The standard InChI is InChI=1S/C7H17NO.ClH/c1-3-4-6(2)7(8)5-9;/h6-7,9H,3-5,8H2,1-2H3;1H. The molecule has 64 valence electrons. The Morgan fingerprint density at radius 2 is 2.00 bits per heavy atom. The van der Waals surface area contributed by atoms with Gasteiger partial charge < -0.3 is 10.8 Å². The summed E-state index contributed by atoms with van der Waals surface area (Å²) in [6, 6.07) is -0.0232. The molecule has 0 fully saturated rings. The SMILES string of the molecule is CCCC(C)C(N)CO.Cl. The van der Waals surface area contributed by atoms with Crippen molar-refractivity contribution in [3.8, 4) is 0 Å². The van der Waals surface area contributed by atoms with Crippen LogP contribution >= 0.6 is 12.4 Å². The number of hydrogen-bond acceptors (Lipinski definition) is 2. The van der Waals surface area contributed by atoms with E-state index in [1.54, 1.807) is 0 Å². The molecule has 0 aromatic carbocycles. The van der Waals surface area contributed by atoms with E-state index in [2.05, 4.69) is 13.8 Å². The molecule has 0 rings (SSSR count). The van der Waals surface area contributed by atoms with Crippen molar-refractivity contribution in [2.24, 2.45) is 11.7 Å². The van der Waals surface area contributed by atoms with E-state index in [4.69, 9.17) is 10.8 Å². The monoisotopic (exact) mass is 167 g/mol. The Labute approximate surface area is 69.2 Å². The van der Waals surface area contributed by atoms with Crippen LogP contribution < -0.4 is 5.73 Å². The van der Waals surface area contributed by atoms with E-state index in [9.17, 15) is 0 Å². The molecular formula is C7H18ClNO. The molecule has 0 spiro atoms. The molecule has 0 saturated heterocycles. The second-order valence-corrected chi connectivity index (χ2v) is 2.61. The zero-order valence-corrected chi connectivity index (χ0v) is 7.53. The summed E-state index contributed by atoms with van der Waals surface area (Å²) in [6.45, 7) is 4.31. The summed E-state index contributed by atoms with van der Waals surface area (Å²) >= 11 is 0. The van der Waals surface area contributed by atoms with Crippen molar-refractivity contribution in [2.75, 3.05) is 6.61 Å². The lowest BCUT2D eigenvalue weighted by atomic mass is 9.99. The fourth-order valence-corrected chi connectivity index (χ4v) is 0.849. The maximum Gasteiger partial charge on any atom is 0.0585 e. The highest BCUT2D eigenvalue weighted by atomic mass is 35.5. The van der Waals surface area contributed by atoms with Crippen LogP contribution in [0.15, 0.2) is 0 Å². The smallest absolute Gasteiger partial charge is 0.0585 e. The van der Waals surface area contributed by atoms with Crippen LogP contribution in [0.1, 0.15) is 26.7 Å². The third kappa shape index (κ3) is 5.03. The third-order valence-corrected chi connectivity index (χ3v) is 1.69. The summed E-state index contributed by atoms with van der Waals surface area (Å²) in [4.78, 5) is 0. The van der Waals surface area contributed by atoms with Gasteiger partial charge in [-0.1, -0.05) is 20.3 Å². The molecule has 10 heavy (non-hydrogen) atoms. The van der Waals surface area contributed by atoms with Crippen molar-refractivity contribution < 1.29 is 5.11 Å². The Bertz CT molecular complexity index is 70.6. The van der Waals surface area contributed by atoms with E-state index in [-0.39, 0.29) is 25.1 Å². The van der Waals surface area contributed by atoms with Gasteiger partial charge in [0.2, 0.25) is 0 Å². The predicted octanol–water partition coefficient (Wildman–Crippen LogP) is 1.16. The van der Waals surface area contributed by atoms with E-state index in [0.717, 1.165) is 12.8 Å². The van der Waals surface area contributed by atoms with Crippen molar-refractivity contribution in [3.63, 3.8) is 0 Å². The van der Waals surface area contributed by atoms with Gasteiger partial charge in [-0.05, 0) is 12.3 Å². The zero-order valence-electron chi connectivity index (χ0n) is 6.71. The van der Waals surface area contributed by atoms with Gasteiger partial charge in [0, 0.05) is 6.04 Å². The number of rotatable bonds is 4. The molecule has 0 aromatic rings. The molecule has 0 aromatic heterocycles. The molecular weight excluding hydrogens is 150 g/mol. The van der Waals surface area contributed by atoms with Crippen molar-refractivity contribution in [3.05, 3.63) is 0 Å². The predicted molar refractivity (Wildman–Crippen MR) is 46.4 cm³/mol. The molecule has 0 aliphatic rings. The largest absolute Gasteiger partial charge is 0.395 e. The Morgan fingerprint density at radius 1 is 1.50 bits per heavy atom. The van der Waals surface area contributed by atoms with Crippen LogP contribution in [0.2, 0.25) is 0 Å². The normalized spacial score (nSPS) is 15.6. The van der Waals surface area contributed by atoms with Crippen LogP contribution in [-0.4, -0.2) is 17.8 Å². The van der Waals surface area contributed by atoms with Gasteiger partial charge in [0.15, 0.2) is 0 Å². The maximum atomic E-state index is 8.61. The van der Waals surface area contributed by atoms with E-state index < -0.39 is 0 Å². The minimum Gasteiger partial charge on any atom is -0.395 e. The molecule has 0 saturated carbocycles. The Kier molecular flexibility index (Phi) is 9.40. The van der Waals surface area contributed by atoms with Crippen LogP contribution in [0, 0.1) is 5.92 Å². The van der Waals surface area contributed by atoms with Gasteiger partial charge in [-0.3, -0.25) is 0 Å². The maximum absolute atomic E-state index is 8.61. The highest BCUT2D eigenvalue weighted by Gasteiger charge is 2.08. The molecule has 2 atom stereocenters. The van der Waals surface area contributed by atoms with Crippen molar-refractivity contribution in [2.45, 2.75) is 32.7 Å². The topological polar surface area (TPSA) is 46.2 Å². The molecule has 0 bridgehead atoms. The first-order valence-electron chi connectivity index (χ1n) is 3.58. The molecule has 0 amide bonds. The molecule has 0 aliphatic carbocycles. The van der Waals surface area contributed by atoms with E-state index >= 15 is 0 Å². The van der Waals surface area contributed by atoms with Gasteiger partial charge in [-0.15, -0.1) is 12.4 Å². The summed E-state index contributed by atoms with van der Waals surface area (Å²) in [5, 5.41) is 8.61. The van der Waals surface area contributed by atoms with Crippen LogP contribution in [0.4, 0.5) is 0 Å². The molecule has 2 nitrogen and oxygen atoms in total. The first-order valence-corrected chi connectivity index (χ1v) is 3.58. The lowest BCUT2D eigenvalue weighted by molar-refractivity contribution is 0.227. The lowest BCUT2D eigenvalue weighted by Gasteiger charge is -2.15. The van der Waals surface area contributed by atoms with Gasteiger partial charge in [0.05, 0.1) is 6.61 Å². The lowest BCUT2D eigenvalue weighted by Crippen LogP contribution is -2.31. The molecule has 0 heterocycles. The van der Waals surface area contributed by atoms with Crippen molar-refractivity contribution in [1.82, 2.24) is 0 Å². The van der Waals surface area contributed by atoms with Gasteiger partial charge >= 0.3 is 0 Å². The zero-order chi connectivity index (χ0) is 7.28. The number of hydrogen-bond donors (Lipinski definition) is 2. The summed E-state index contributed by atoms with van der Waals surface area (Å²) in [5.74, 6) is 0.458. The highest BCUT2D eigenvalue weighted by molar-refractivity contribution is 5.85. The Hall–Kier alpha value is 0.210. The first-order chi connectivity index (χ1) is 4.22. The summed E-state index contributed by atoms with van der Waals surface area (Å²) in [5.41, 5.74) is 5.55. The van der Waals surface area contributed by atoms with Gasteiger partial charge in [-0.2, -0.15) is 0 Å². The number of halogens is 1. The minimum atomic E-state index is -0.0232. The van der Waals surface area contributed by atoms with Gasteiger partial charge in [0.25, 0.3) is 0 Å². The van der Waals surface area contributed by atoms with Gasteiger partial charge in [0.1, 0.15) is 0 Å². The van der Waals surface area contributed by atoms with Crippen LogP contribution in [0.3, 0.4) is 0 Å². The third-order valence-electron chi connectivity index (χ3n) is 1.69. The molecule has 3 heteroatoms. The molecule has 2 unspecified atom stereocenters. The van der Waals surface area contributed by atoms with Crippen LogP contribution in [-0.2, 0) is 0 Å². The average molecular weight is 168 g/mol. The number of nitrogens with two attached hydrogens (primary N) is 1. The van der Waals surface area contributed by atoms with Crippen LogP contribution in [0.25, 0.3) is 0 Å². The van der Waals surface area contributed by atoms with Crippen molar-refractivity contribution in [1.29, 1.82) is 0 Å². The highest BCUT2D eigenvalue weighted by Crippen LogP contribution is 2.07. The summed E-state index contributed by atoms with van der Waals surface area (Å²) in [6.07, 6.45) is 2.26. The van der Waals surface area contributed by atoms with Crippen molar-refractivity contribution >= 4 is 12.4 Å². The minimum absolute atomic E-state index is 0. The van der Waals surface area contributed by atoms with E-state index in [1.165, 1.54) is 0 Å². The first kappa shape index (κ1) is 12.8. The second-order valence-electron chi connectivity index (χ2n) is 2.61. The van der Waals surface area contributed by atoms with Gasteiger partial charge in [-0.25, -0.2) is 0 Å². The molecule has 0 aliphatic heterocycles. The van der Waals surface area contributed by atoms with E-state index in [1.807, 2.05) is 0 Å². The molecule has 3 N–H and O–H groups in total. The summed E-state index contributed by atoms with van der Waals surface area (Å²) in [7, 11) is 0. The average Bonchev–Trinajstić information content (AvgIpc) is 1.87. The summed E-state index contributed by atoms with van der Waals surface area (Å²) < 4.78 is 0. The van der Waals surface area contributed by atoms with Crippen LogP contribution in [0.5, 0.6) is 0 Å². The Morgan fingerprint density at radius 3 is 2.30 bits per heavy atom. The number of aliphatic hydroxyl groups is 1. The van der Waals surface area contributed by atoms with E-state index in [0.29, 0.717) is 5.92 Å². The Balaban J connectivity index is 0. The second kappa shape index (κ2) is 7.32. The quantitative estimate of drug-likeness (QED) is 0.661. The molecule has 0 radical (unpaired) electrons. The number of aliphatic hydroxyl groups excluding tert-OH is 1.